The number of carbonyl (C=O) groups excluding carboxylic acids is 1. The second kappa shape index (κ2) is 8.73. The molecule has 0 spiro atoms. The van der Waals surface area contributed by atoms with Crippen molar-refractivity contribution in [1.29, 1.82) is 0 Å². The lowest BCUT2D eigenvalue weighted by Gasteiger charge is -2.13. The van der Waals surface area contributed by atoms with Gasteiger partial charge in [0.15, 0.2) is 17.2 Å². The van der Waals surface area contributed by atoms with Crippen LogP contribution in [0.15, 0.2) is 65.6 Å². The maximum Gasteiger partial charge on any atom is 0.240 e. The lowest BCUT2D eigenvalue weighted by atomic mass is 10.2. The summed E-state index contributed by atoms with van der Waals surface area (Å²) in [5, 5.41) is 2.88. The zero-order valence-corrected chi connectivity index (χ0v) is 16.6. The minimum Gasteiger partial charge on any atom is -0.483 e. The first kappa shape index (κ1) is 19.6. The van der Waals surface area contributed by atoms with E-state index in [1.165, 1.54) is 6.07 Å². The van der Waals surface area contributed by atoms with Gasteiger partial charge in [-0.3, -0.25) is 9.59 Å². The molecule has 0 unspecified atom stereocenters. The van der Waals surface area contributed by atoms with Gasteiger partial charge < -0.3 is 24.1 Å². The van der Waals surface area contributed by atoms with Gasteiger partial charge in [0.2, 0.25) is 18.1 Å². The summed E-state index contributed by atoms with van der Waals surface area (Å²) in [7, 11) is 0. The summed E-state index contributed by atoms with van der Waals surface area (Å²) >= 11 is 0. The number of carbonyl (C=O) groups is 1. The first-order valence-electron chi connectivity index (χ1n) is 9.61. The summed E-state index contributed by atoms with van der Waals surface area (Å²) in [5.74, 6) is 1.43. The molecule has 1 N–H and O–H groups in total. The second-order valence-corrected chi connectivity index (χ2v) is 7.01. The first-order valence-corrected chi connectivity index (χ1v) is 9.61. The Bertz CT molecular complexity index is 1110. The van der Waals surface area contributed by atoms with E-state index in [2.05, 4.69) is 5.32 Å². The maximum absolute atomic E-state index is 12.4. The van der Waals surface area contributed by atoms with Crippen molar-refractivity contribution in [1.82, 2.24) is 9.88 Å². The van der Waals surface area contributed by atoms with Gasteiger partial charge in [-0.15, -0.1) is 0 Å². The van der Waals surface area contributed by atoms with Crippen molar-refractivity contribution in [2.45, 2.75) is 26.6 Å². The highest BCUT2D eigenvalue weighted by atomic mass is 16.7. The number of pyridine rings is 1. The number of nitrogens with zero attached hydrogens (tertiary/aromatic N) is 1. The zero-order chi connectivity index (χ0) is 20.9. The molecule has 1 amide bonds. The number of hydrogen-bond donors (Lipinski definition) is 1. The van der Waals surface area contributed by atoms with Crippen LogP contribution in [0.3, 0.4) is 0 Å². The number of ether oxygens (including phenoxy) is 3. The van der Waals surface area contributed by atoms with Crippen LogP contribution in [0.1, 0.15) is 16.8 Å². The Morgan fingerprint density at radius 3 is 2.70 bits per heavy atom. The number of fused-ring (bicyclic) bond motifs is 1. The third-order valence-electron chi connectivity index (χ3n) is 4.79. The minimum absolute atomic E-state index is 0.0817. The minimum atomic E-state index is -0.208. The molecule has 1 aromatic heterocycles. The van der Waals surface area contributed by atoms with Crippen molar-refractivity contribution in [3.8, 4) is 17.2 Å². The Morgan fingerprint density at radius 1 is 1.07 bits per heavy atom. The third kappa shape index (κ3) is 4.63. The van der Waals surface area contributed by atoms with Gasteiger partial charge in [-0.1, -0.05) is 36.4 Å². The number of aromatic nitrogens is 1. The number of amides is 1. The molecule has 0 radical (unpaired) electrons. The van der Waals surface area contributed by atoms with Gasteiger partial charge in [0.1, 0.15) is 13.2 Å². The number of rotatable bonds is 7. The fourth-order valence-electron chi connectivity index (χ4n) is 3.13. The Labute approximate surface area is 173 Å². The molecule has 7 heteroatoms. The summed E-state index contributed by atoms with van der Waals surface area (Å²) in [6.07, 6.45) is 1.58. The van der Waals surface area contributed by atoms with Gasteiger partial charge in [-0.25, -0.2) is 0 Å². The molecule has 0 saturated heterocycles. The molecule has 2 aromatic carbocycles. The van der Waals surface area contributed by atoms with Gasteiger partial charge in [-0.2, -0.15) is 0 Å². The van der Waals surface area contributed by atoms with E-state index >= 15 is 0 Å². The summed E-state index contributed by atoms with van der Waals surface area (Å²) in [6.45, 7) is 2.73. The Kier molecular flexibility index (Phi) is 5.70. The van der Waals surface area contributed by atoms with Crippen molar-refractivity contribution < 1.29 is 19.0 Å². The SMILES string of the molecule is Cc1cc(=O)c(OCc2ccccc2)cn1CC(=O)NCc1ccc2c(c1)OCO2. The Balaban J connectivity index is 1.38. The number of nitrogens with one attached hydrogen (secondary N) is 1. The van der Waals surface area contributed by atoms with Crippen LogP contribution in [-0.2, 0) is 24.5 Å². The molecule has 1 aliphatic heterocycles. The number of aryl methyl sites for hydroxylation is 1. The molecule has 0 atom stereocenters. The van der Waals surface area contributed by atoms with Gasteiger partial charge >= 0.3 is 0 Å². The van der Waals surface area contributed by atoms with Crippen LogP contribution in [0, 0.1) is 6.92 Å². The number of benzene rings is 2. The van der Waals surface area contributed by atoms with Crippen molar-refractivity contribution in [3.63, 3.8) is 0 Å². The van der Waals surface area contributed by atoms with Crippen LogP contribution >= 0.6 is 0 Å². The Hall–Kier alpha value is -3.74. The molecule has 0 bridgehead atoms. The first-order chi connectivity index (χ1) is 14.6. The average molecular weight is 406 g/mol. The van der Waals surface area contributed by atoms with Gasteiger partial charge in [0.05, 0.1) is 6.20 Å². The maximum atomic E-state index is 12.4. The van der Waals surface area contributed by atoms with E-state index in [-0.39, 0.29) is 37.0 Å². The van der Waals surface area contributed by atoms with Crippen molar-refractivity contribution >= 4 is 5.91 Å². The molecule has 7 nitrogen and oxygen atoms in total. The van der Waals surface area contributed by atoms with Crippen LogP contribution in [0.5, 0.6) is 17.2 Å². The van der Waals surface area contributed by atoms with Crippen molar-refractivity contribution in [2.24, 2.45) is 0 Å². The summed E-state index contributed by atoms with van der Waals surface area (Å²) < 4.78 is 18.0. The van der Waals surface area contributed by atoms with E-state index in [4.69, 9.17) is 14.2 Å². The van der Waals surface area contributed by atoms with Crippen LogP contribution in [-0.4, -0.2) is 17.3 Å². The van der Waals surface area contributed by atoms with Crippen molar-refractivity contribution in [2.75, 3.05) is 6.79 Å². The largest absolute Gasteiger partial charge is 0.483 e. The lowest BCUT2D eigenvalue weighted by Crippen LogP contribution is -2.28. The average Bonchev–Trinajstić information content (AvgIpc) is 3.22. The summed E-state index contributed by atoms with van der Waals surface area (Å²) in [4.78, 5) is 24.7. The van der Waals surface area contributed by atoms with Crippen LogP contribution in [0.2, 0.25) is 0 Å². The standard InChI is InChI=1S/C23H22N2O5/c1-16-9-19(26)22(28-14-17-5-3-2-4-6-17)12-25(16)13-23(27)24-11-18-7-8-20-21(10-18)30-15-29-20/h2-10,12H,11,13-15H2,1H3,(H,24,27). The molecule has 0 fully saturated rings. The molecule has 4 rings (SSSR count). The predicted octanol–water partition coefficient (Wildman–Crippen LogP) is 2.78. The van der Waals surface area contributed by atoms with E-state index in [9.17, 15) is 9.59 Å². The molecule has 0 saturated carbocycles. The fraction of sp³-hybridized carbons (Fsp3) is 0.217. The third-order valence-corrected chi connectivity index (χ3v) is 4.79. The van der Waals surface area contributed by atoms with Crippen LogP contribution < -0.4 is 25.0 Å². The lowest BCUT2D eigenvalue weighted by molar-refractivity contribution is -0.121. The molecule has 154 valence electrons. The van der Waals surface area contributed by atoms with Gasteiger partial charge in [0, 0.05) is 18.3 Å². The van der Waals surface area contributed by atoms with E-state index in [1.807, 2.05) is 48.5 Å². The molecular weight excluding hydrogens is 384 g/mol. The van der Waals surface area contributed by atoms with Crippen LogP contribution in [0.25, 0.3) is 0 Å². The zero-order valence-electron chi connectivity index (χ0n) is 16.6. The molecule has 1 aliphatic rings. The van der Waals surface area contributed by atoms with Crippen LogP contribution in [0.4, 0.5) is 0 Å². The summed E-state index contributed by atoms with van der Waals surface area (Å²) in [6, 6.07) is 16.6. The quantitative estimate of drug-likeness (QED) is 0.653. The van der Waals surface area contributed by atoms with E-state index in [1.54, 1.807) is 17.7 Å². The van der Waals surface area contributed by atoms with Gasteiger partial charge in [-0.05, 0) is 30.2 Å². The van der Waals surface area contributed by atoms with E-state index < -0.39 is 0 Å². The van der Waals surface area contributed by atoms with Crippen molar-refractivity contribution in [3.05, 3.63) is 87.8 Å². The fourth-order valence-corrected chi connectivity index (χ4v) is 3.13. The predicted molar refractivity (Wildman–Crippen MR) is 111 cm³/mol. The molecule has 2 heterocycles. The number of hydrogen-bond acceptors (Lipinski definition) is 5. The van der Waals surface area contributed by atoms with E-state index in [0.29, 0.717) is 23.7 Å². The molecular formula is C23H22N2O5. The highest BCUT2D eigenvalue weighted by molar-refractivity contribution is 5.75. The highest BCUT2D eigenvalue weighted by Gasteiger charge is 2.14. The summed E-state index contributed by atoms with van der Waals surface area (Å²) in [5.41, 5.74) is 2.35. The smallest absolute Gasteiger partial charge is 0.240 e. The Morgan fingerprint density at radius 2 is 1.87 bits per heavy atom. The second-order valence-electron chi connectivity index (χ2n) is 7.01. The highest BCUT2D eigenvalue weighted by Crippen LogP contribution is 2.32. The van der Waals surface area contributed by atoms with E-state index in [0.717, 1.165) is 11.1 Å². The van der Waals surface area contributed by atoms with Gasteiger partial charge in [0.25, 0.3) is 0 Å². The topological polar surface area (TPSA) is 78.8 Å². The normalized spacial score (nSPS) is 11.9. The molecule has 0 aliphatic carbocycles. The molecule has 3 aromatic rings. The molecule has 30 heavy (non-hydrogen) atoms. The monoisotopic (exact) mass is 406 g/mol.